The van der Waals surface area contributed by atoms with E-state index in [0.717, 1.165) is 31.6 Å². The molecule has 1 rings (SSSR count). The van der Waals surface area contributed by atoms with Crippen molar-refractivity contribution >= 4 is 23.2 Å². The first kappa shape index (κ1) is 13.8. The molecule has 0 aromatic heterocycles. The Balaban J connectivity index is 2.42. The van der Waals surface area contributed by atoms with Crippen LogP contribution in [0.5, 0.6) is 0 Å². The summed E-state index contributed by atoms with van der Waals surface area (Å²) in [6.07, 6.45) is 1.10. The van der Waals surface area contributed by atoms with Gasteiger partial charge in [0.2, 0.25) is 0 Å². The molecular weight excluding hydrogens is 243 g/mol. The van der Waals surface area contributed by atoms with Crippen molar-refractivity contribution in [2.75, 3.05) is 13.1 Å². The molecule has 0 amide bonds. The SMILES string of the molecule is CCC(CN)CNCc1ccc(Cl)cc1Cl. The van der Waals surface area contributed by atoms with E-state index in [2.05, 4.69) is 12.2 Å². The van der Waals surface area contributed by atoms with Crippen LogP contribution in [0.25, 0.3) is 0 Å². The minimum Gasteiger partial charge on any atom is -0.330 e. The fraction of sp³-hybridized carbons (Fsp3) is 0.500. The third kappa shape index (κ3) is 4.30. The lowest BCUT2D eigenvalue weighted by molar-refractivity contribution is 0.471. The maximum atomic E-state index is 6.06. The molecule has 2 nitrogen and oxygen atoms in total. The molecule has 3 N–H and O–H groups in total. The Morgan fingerprint density at radius 1 is 1.38 bits per heavy atom. The largest absolute Gasteiger partial charge is 0.330 e. The lowest BCUT2D eigenvalue weighted by Crippen LogP contribution is -2.27. The number of benzene rings is 1. The van der Waals surface area contributed by atoms with Crippen LogP contribution >= 0.6 is 23.2 Å². The quantitative estimate of drug-likeness (QED) is 0.825. The van der Waals surface area contributed by atoms with Gasteiger partial charge in [-0.3, -0.25) is 0 Å². The van der Waals surface area contributed by atoms with Gasteiger partial charge in [0.25, 0.3) is 0 Å². The van der Waals surface area contributed by atoms with Crippen molar-refractivity contribution in [3.63, 3.8) is 0 Å². The van der Waals surface area contributed by atoms with E-state index < -0.39 is 0 Å². The molecule has 0 radical (unpaired) electrons. The van der Waals surface area contributed by atoms with Crippen molar-refractivity contribution in [1.82, 2.24) is 5.32 Å². The summed E-state index contributed by atoms with van der Waals surface area (Å²) in [7, 11) is 0. The van der Waals surface area contributed by atoms with E-state index >= 15 is 0 Å². The van der Waals surface area contributed by atoms with Gasteiger partial charge in [0.1, 0.15) is 0 Å². The van der Waals surface area contributed by atoms with Crippen molar-refractivity contribution in [2.24, 2.45) is 11.7 Å². The zero-order chi connectivity index (χ0) is 12.0. The van der Waals surface area contributed by atoms with Crippen LogP contribution in [0.15, 0.2) is 18.2 Å². The minimum atomic E-state index is 0.533. The lowest BCUT2D eigenvalue weighted by atomic mass is 10.1. The number of hydrogen-bond donors (Lipinski definition) is 2. The first-order valence-electron chi connectivity index (χ1n) is 5.52. The molecule has 1 unspecified atom stereocenters. The predicted octanol–water partition coefficient (Wildman–Crippen LogP) is 3.07. The topological polar surface area (TPSA) is 38.0 Å². The van der Waals surface area contributed by atoms with Crippen LogP contribution < -0.4 is 11.1 Å². The Morgan fingerprint density at radius 3 is 2.69 bits per heavy atom. The van der Waals surface area contributed by atoms with E-state index in [4.69, 9.17) is 28.9 Å². The van der Waals surface area contributed by atoms with Gasteiger partial charge in [0, 0.05) is 16.6 Å². The highest BCUT2D eigenvalue weighted by molar-refractivity contribution is 6.35. The highest BCUT2D eigenvalue weighted by Gasteiger charge is 2.04. The summed E-state index contributed by atoms with van der Waals surface area (Å²) in [4.78, 5) is 0. The van der Waals surface area contributed by atoms with Gasteiger partial charge in [-0.25, -0.2) is 0 Å². The second-order valence-corrected chi connectivity index (χ2v) is 4.72. The summed E-state index contributed by atoms with van der Waals surface area (Å²) in [6, 6.07) is 5.56. The monoisotopic (exact) mass is 260 g/mol. The van der Waals surface area contributed by atoms with Crippen LogP contribution in [0, 0.1) is 5.92 Å². The van der Waals surface area contributed by atoms with Gasteiger partial charge >= 0.3 is 0 Å². The maximum absolute atomic E-state index is 6.06. The second-order valence-electron chi connectivity index (χ2n) is 3.88. The molecule has 0 aliphatic rings. The minimum absolute atomic E-state index is 0.533. The molecule has 0 spiro atoms. The third-order valence-electron chi connectivity index (χ3n) is 2.67. The number of halogens is 2. The van der Waals surface area contributed by atoms with E-state index in [1.807, 2.05) is 12.1 Å². The number of nitrogens with one attached hydrogen (secondary N) is 1. The third-order valence-corrected chi connectivity index (χ3v) is 3.26. The van der Waals surface area contributed by atoms with Gasteiger partial charge in [-0.2, -0.15) is 0 Å². The van der Waals surface area contributed by atoms with Crippen LogP contribution in [-0.2, 0) is 6.54 Å². The molecule has 1 atom stereocenters. The summed E-state index contributed by atoms with van der Waals surface area (Å²) in [5.41, 5.74) is 6.70. The zero-order valence-electron chi connectivity index (χ0n) is 9.47. The molecular formula is C12H18Cl2N2. The average molecular weight is 261 g/mol. The molecule has 0 aliphatic heterocycles. The fourth-order valence-corrected chi connectivity index (χ4v) is 1.95. The first-order chi connectivity index (χ1) is 7.67. The molecule has 90 valence electrons. The van der Waals surface area contributed by atoms with E-state index in [1.54, 1.807) is 6.07 Å². The fourth-order valence-electron chi connectivity index (χ4n) is 1.47. The average Bonchev–Trinajstić information content (AvgIpc) is 2.27. The van der Waals surface area contributed by atoms with Crippen LogP contribution in [0.3, 0.4) is 0 Å². The molecule has 1 aromatic carbocycles. The van der Waals surface area contributed by atoms with Gasteiger partial charge in [-0.15, -0.1) is 0 Å². The summed E-state index contributed by atoms with van der Waals surface area (Å²) >= 11 is 11.9. The van der Waals surface area contributed by atoms with Crippen molar-refractivity contribution in [3.05, 3.63) is 33.8 Å². The summed E-state index contributed by atoms with van der Waals surface area (Å²) < 4.78 is 0. The number of hydrogen-bond acceptors (Lipinski definition) is 2. The lowest BCUT2D eigenvalue weighted by Gasteiger charge is -2.13. The van der Waals surface area contributed by atoms with E-state index in [9.17, 15) is 0 Å². The Kier molecular flexibility index (Phi) is 6.14. The van der Waals surface area contributed by atoms with Crippen molar-refractivity contribution < 1.29 is 0 Å². The zero-order valence-corrected chi connectivity index (χ0v) is 11.0. The molecule has 16 heavy (non-hydrogen) atoms. The molecule has 0 bridgehead atoms. The standard InChI is InChI=1S/C12H18Cl2N2/c1-2-9(6-15)7-16-8-10-3-4-11(13)5-12(10)14/h3-5,9,16H,2,6-8,15H2,1H3. The van der Waals surface area contributed by atoms with Crippen LogP contribution in [-0.4, -0.2) is 13.1 Å². The van der Waals surface area contributed by atoms with Gasteiger partial charge in [-0.05, 0) is 36.7 Å². The van der Waals surface area contributed by atoms with Crippen molar-refractivity contribution in [3.8, 4) is 0 Å². The van der Waals surface area contributed by atoms with Crippen molar-refractivity contribution in [1.29, 1.82) is 0 Å². The van der Waals surface area contributed by atoms with Crippen LogP contribution in [0.2, 0.25) is 10.0 Å². The predicted molar refractivity (Wildman–Crippen MR) is 71.0 cm³/mol. The molecule has 0 heterocycles. The highest BCUT2D eigenvalue weighted by atomic mass is 35.5. The van der Waals surface area contributed by atoms with Gasteiger partial charge < -0.3 is 11.1 Å². The maximum Gasteiger partial charge on any atom is 0.0465 e. The first-order valence-corrected chi connectivity index (χ1v) is 6.27. The van der Waals surface area contributed by atoms with E-state index in [1.165, 1.54) is 0 Å². The molecule has 0 fully saturated rings. The van der Waals surface area contributed by atoms with Crippen LogP contribution in [0.4, 0.5) is 0 Å². The molecule has 1 aromatic rings. The number of nitrogens with two attached hydrogens (primary N) is 1. The summed E-state index contributed by atoms with van der Waals surface area (Å²) in [5.74, 6) is 0.533. The summed E-state index contributed by atoms with van der Waals surface area (Å²) in [6.45, 7) is 4.55. The smallest absolute Gasteiger partial charge is 0.0465 e. The van der Waals surface area contributed by atoms with Gasteiger partial charge in [-0.1, -0.05) is 42.6 Å². The van der Waals surface area contributed by atoms with E-state index in [0.29, 0.717) is 16.0 Å². The summed E-state index contributed by atoms with van der Waals surface area (Å²) in [5, 5.41) is 4.73. The number of rotatable bonds is 6. The molecule has 4 heteroatoms. The van der Waals surface area contributed by atoms with E-state index in [-0.39, 0.29) is 0 Å². The van der Waals surface area contributed by atoms with Gasteiger partial charge in [0.05, 0.1) is 0 Å². The highest BCUT2D eigenvalue weighted by Crippen LogP contribution is 2.20. The second kappa shape index (κ2) is 7.13. The molecule has 0 saturated heterocycles. The Morgan fingerprint density at radius 2 is 2.12 bits per heavy atom. The normalized spacial score (nSPS) is 12.8. The Hall–Kier alpha value is -0.280. The molecule has 0 saturated carbocycles. The van der Waals surface area contributed by atoms with Gasteiger partial charge in [0.15, 0.2) is 0 Å². The van der Waals surface area contributed by atoms with Crippen LogP contribution in [0.1, 0.15) is 18.9 Å². The molecule has 0 aliphatic carbocycles. The Bertz CT molecular complexity index is 325. The van der Waals surface area contributed by atoms with Crippen molar-refractivity contribution in [2.45, 2.75) is 19.9 Å². The Labute approximate surface area is 107 Å².